The maximum atomic E-state index is 12.8. The molecule has 4 aromatic carbocycles. The molecule has 1 aliphatic heterocycles. The van der Waals surface area contributed by atoms with Crippen molar-refractivity contribution in [3.63, 3.8) is 0 Å². The summed E-state index contributed by atoms with van der Waals surface area (Å²) in [6, 6.07) is 47.3. The molecule has 276 valence electrons. The van der Waals surface area contributed by atoms with Gasteiger partial charge in [0, 0.05) is 77.6 Å². The second-order valence-corrected chi connectivity index (χ2v) is 16.1. The number of aromatic nitrogens is 4. The van der Waals surface area contributed by atoms with Crippen LogP contribution in [0.4, 0.5) is 0 Å². The lowest BCUT2D eigenvalue weighted by Gasteiger charge is -2.12. The van der Waals surface area contributed by atoms with E-state index in [-0.39, 0.29) is 20.9 Å². The Labute approximate surface area is 321 Å². The summed E-state index contributed by atoms with van der Waals surface area (Å²) in [4.78, 5) is 13.7. The van der Waals surface area contributed by atoms with Crippen LogP contribution in [0.15, 0.2) is 168 Å². The molecule has 12 heteroatoms. The molecule has 8 aromatic rings. The Bertz CT molecular complexity index is 3090. The largest absolute Gasteiger partial charge is 0.354 e. The first-order valence-electron chi connectivity index (χ1n) is 17.6. The van der Waals surface area contributed by atoms with Gasteiger partial charge in [0.1, 0.15) is 9.79 Å². The summed E-state index contributed by atoms with van der Waals surface area (Å²) in [6.07, 6.45) is 0. The number of hydrogen-bond acceptors (Lipinski definition) is 4. The Kier molecular flexibility index (Phi) is 8.48. The van der Waals surface area contributed by atoms with Gasteiger partial charge in [0.2, 0.25) is 0 Å². The molecule has 9 rings (SSSR count). The summed E-state index contributed by atoms with van der Waals surface area (Å²) in [5.41, 5.74) is 7.44. The molecule has 10 nitrogen and oxygen atoms in total. The molecule has 0 unspecified atom stereocenters. The first kappa shape index (κ1) is 35.0. The van der Waals surface area contributed by atoms with Crippen molar-refractivity contribution < 1.29 is 25.9 Å². The molecule has 8 bridgehead atoms. The number of nitrogens with one attached hydrogen (secondary N) is 4. The van der Waals surface area contributed by atoms with Gasteiger partial charge >= 0.3 is 0 Å². The maximum Gasteiger partial charge on any atom is 0.295 e. The van der Waals surface area contributed by atoms with Gasteiger partial charge < -0.3 is 19.9 Å². The van der Waals surface area contributed by atoms with Crippen LogP contribution in [0.25, 0.3) is 22.3 Å². The van der Waals surface area contributed by atoms with Crippen molar-refractivity contribution in [2.45, 2.75) is 9.79 Å². The predicted molar refractivity (Wildman–Crippen MR) is 214 cm³/mol. The number of rotatable bonds is 6. The Morgan fingerprint density at radius 2 is 0.625 bits per heavy atom. The molecule has 0 atom stereocenters. The summed E-state index contributed by atoms with van der Waals surface area (Å²) in [6.45, 7) is 0. The third-order valence-corrected chi connectivity index (χ3v) is 11.7. The molecule has 0 fully saturated rings. The first-order valence-corrected chi connectivity index (χ1v) is 20.4. The lowest BCUT2D eigenvalue weighted by Crippen LogP contribution is -2.20. The summed E-state index contributed by atoms with van der Waals surface area (Å²) in [5, 5.41) is 2.54. The summed E-state index contributed by atoms with van der Waals surface area (Å²) in [5.74, 6) is 0. The molecule has 6 N–H and O–H groups in total. The molecular weight excluding hydrogens is 745 g/mol. The fraction of sp³-hybridized carbons (Fsp3) is 0. The lowest BCUT2D eigenvalue weighted by molar-refractivity contribution is 0.480. The molecule has 0 spiro atoms. The summed E-state index contributed by atoms with van der Waals surface area (Å²) >= 11 is 0. The van der Waals surface area contributed by atoms with Crippen molar-refractivity contribution in [1.82, 2.24) is 19.9 Å². The fourth-order valence-electron chi connectivity index (χ4n) is 7.54. The van der Waals surface area contributed by atoms with Gasteiger partial charge in [-0.2, -0.15) is 16.8 Å². The van der Waals surface area contributed by atoms with Crippen molar-refractivity contribution in [3.8, 4) is 0 Å². The second kappa shape index (κ2) is 13.6. The normalized spacial score (nSPS) is 13.3. The molecule has 0 aliphatic carbocycles. The van der Waals surface area contributed by atoms with E-state index >= 15 is 0 Å². The molecule has 4 aromatic heterocycles. The molecule has 0 saturated carbocycles. The number of H-pyrrole nitrogens is 4. The molecule has 56 heavy (non-hydrogen) atoms. The molecule has 5 heterocycles. The van der Waals surface area contributed by atoms with Crippen molar-refractivity contribution in [1.29, 1.82) is 0 Å². The van der Waals surface area contributed by atoms with Gasteiger partial charge in [0.15, 0.2) is 0 Å². The number of fused-ring (bicyclic) bond motifs is 8. The zero-order valence-electron chi connectivity index (χ0n) is 29.4. The Balaban J connectivity index is 1.48. The van der Waals surface area contributed by atoms with E-state index in [4.69, 9.17) is 0 Å². The van der Waals surface area contributed by atoms with Crippen LogP contribution in [0.5, 0.6) is 0 Å². The van der Waals surface area contributed by atoms with E-state index in [9.17, 15) is 25.9 Å². The van der Waals surface area contributed by atoms with Crippen molar-refractivity contribution >= 4 is 42.5 Å². The maximum absolute atomic E-state index is 12.8. The van der Waals surface area contributed by atoms with Crippen molar-refractivity contribution in [2.75, 3.05) is 0 Å². The van der Waals surface area contributed by atoms with E-state index in [1.54, 1.807) is 36.4 Å². The summed E-state index contributed by atoms with van der Waals surface area (Å²) in [7, 11) is -9.37. The van der Waals surface area contributed by atoms with E-state index in [1.807, 2.05) is 97.1 Å². The van der Waals surface area contributed by atoms with Crippen molar-refractivity contribution in [2.24, 2.45) is 0 Å². The molecular formula is C44H32N4O6S2. The highest BCUT2D eigenvalue weighted by molar-refractivity contribution is 7.86. The van der Waals surface area contributed by atoms with Crippen molar-refractivity contribution in [3.05, 3.63) is 224 Å². The highest BCUT2D eigenvalue weighted by Crippen LogP contribution is 2.32. The minimum absolute atomic E-state index is 0.227. The van der Waals surface area contributed by atoms with Gasteiger partial charge in [-0.25, -0.2) is 0 Å². The number of hydrogen-bond donors (Lipinski definition) is 6. The van der Waals surface area contributed by atoms with Gasteiger partial charge in [-0.05, 0) is 71.8 Å². The van der Waals surface area contributed by atoms with Gasteiger partial charge in [-0.3, -0.25) is 9.11 Å². The standard InChI is InChI=1S/C44H32N4O6S2/c49-55(50,51)39-17-9-7-15-29(39)43-35-23-21-33(46-35)41(27-11-3-1-4-12-27)31-19-20-32(45-31)42(28-13-5-2-6-14-28)34-22-24-36(47-34)44(38-26-25-37(43)48-38)30-16-8-10-18-40(30)56(52,53)54/h1-26,45-48H,(H,49,50,51)(H,52,53,54). The van der Waals surface area contributed by atoms with E-state index < -0.39 is 20.2 Å². The van der Waals surface area contributed by atoms with Crippen LogP contribution in [0, 0.1) is 0 Å². The predicted octanol–water partition coefficient (Wildman–Crippen LogP) is 4.80. The average molecular weight is 777 g/mol. The van der Waals surface area contributed by atoms with Crippen LogP contribution >= 0.6 is 0 Å². The third-order valence-electron chi connectivity index (χ3n) is 9.89. The Morgan fingerprint density at radius 1 is 0.321 bits per heavy atom. The SMILES string of the molecule is O=S(=O)(O)c1ccccc1C1=c2ccc([nH]2)=C(c2ccccc2)c2ccc([nH]2)C(c2ccccc2)=c2ccc([nH]2)=C(c2ccccc2S(=O)(=O)O)c2ccc1[nH]2. The quantitative estimate of drug-likeness (QED) is 0.133. The monoisotopic (exact) mass is 776 g/mol. The van der Waals surface area contributed by atoms with E-state index in [1.165, 1.54) is 24.3 Å². The minimum atomic E-state index is -4.68. The minimum Gasteiger partial charge on any atom is -0.354 e. The highest BCUT2D eigenvalue weighted by Gasteiger charge is 2.24. The second-order valence-electron chi connectivity index (χ2n) is 13.3. The van der Waals surface area contributed by atoms with Crippen LogP contribution in [0.3, 0.4) is 0 Å². The lowest BCUT2D eigenvalue weighted by atomic mass is 10.0. The smallest absolute Gasteiger partial charge is 0.295 e. The molecule has 0 amide bonds. The van der Waals surface area contributed by atoms with E-state index in [0.29, 0.717) is 33.2 Å². The third kappa shape index (κ3) is 6.26. The zero-order chi connectivity index (χ0) is 38.6. The van der Waals surface area contributed by atoms with E-state index in [0.717, 1.165) is 44.4 Å². The Hall–Kier alpha value is -6.70. The molecule has 0 saturated heterocycles. The Morgan fingerprint density at radius 3 is 0.982 bits per heavy atom. The van der Waals surface area contributed by atoms with Crippen LogP contribution < -0.4 is 21.4 Å². The van der Waals surface area contributed by atoms with E-state index in [2.05, 4.69) is 19.9 Å². The zero-order valence-corrected chi connectivity index (χ0v) is 31.0. The van der Waals surface area contributed by atoms with Gasteiger partial charge in [-0.15, -0.1) is 0 Å². The molecule has 0 radical (unpaired) electrons. The topological polar surface area (TPSA) is 172 Å². The fourth-order valence-corrected chi connectivity index (χ4v) is 8.93. The van der Waals surface area contributed by atoms with Gasteiger partial charge in [0.25, 0.3) is 20.2 Å². The highest BCUT2D eigenvalue weighted by atomic mass is 32.2. The van der Waals surface area contributed by atoms with Crippen LogP contribution in [0.2, 0.25) is 0 Å². The molecule has 1 aliphatic rings. The number of aromatic amines is 4. The van der Waals surface area contributed by atoms with Crippen LogP contribution in [-0.4, -0.2) is 45.9 Å². The summed E-state index contributed by atoms with van der Waals surface area (Å²) < 4.78 is 72.3. The number of benzene rings is 4. The van der Waals surface area contributed by atoms with Crippen LogP contribution in [-0.2, 0) is 20.2 Å². The van der Waals surface area contributed by atoms with Crippen LogP contribution in [0.1, 0.15) is 45.0 Å². The first-order chi connectivity index (χ1) is 27.0. The van der Waals surface area contributed by atoms with Gasteiger partial charge in [0.05, 0.1) is 0 Å². The van der Waals surface area contributed by atoms with Gasteiger partial charge in [-0.1, -0.05) is 97.1 Å². The average Bonchev–Trinajstić information content (AvgIpc) is 4.03.